The molecule has 0 aliphatic carbocycles. The van der Waals surface area contributed by atoms with E-state index in [0.717, 1.165) is 48.5 Å². The summed E-state index contributed by atoms with van der Waals surface area (Å²) in [5, 5.41) is 303. The van der Waals surface area contributed by atoms with E-state index in [0.29, 0.717) is 0 Å². The Labute approximate surface area is 748 Å². The van der Waals surface area contributed by atoms with Gasteiger partial charge in [0.15, 0.2) is 62.9 Å². The smallest absolute Gasteiger partial charge is 0.217 e. The maximum absolute atomic E-state index is 13.6. The number of hydrogen-bond acceptors (Lipinski definition) is 51. The predicted molar refractivity (Wildman–Crippen MR) is 411 cm³/mol. The Kier molecular flexibility index (Phi) is 39.4. The van der Waals surface area contributed by atoms with E-state index in [4.69, 9.17) is 90.0 Å². The van der Waals surface area contributed by atoms with Gasteiger partial charge in [-0.05, 0) is 0 Å². The zero-order valence-corrected chi connectivity index (χ0v) is 71.7. The third-order valence-corrected chi connectivity index (χ3v) is 23.7. The standard InChI is InChI=1S/C74H123N7O51/c1-18(91)75-35-52(108)57(30(13-87)115-65(35)113)125-71-41(81-24(7)97)53(109)58(31(14-88)121-71)128-72-56(112)62(130-74-64(132-70-40(80-23(6)96)51(107)46(102)29(12-86)120-70)55(111)60(33(16-90)123-74)127-67-37(77-20(3)93)48(104)43(99)26(9-83)117-67)61(129-68-38(78-21(4)94)49(105)44(100)27(10-84)118-68)34(124-72)17-114-73-63(131-69-39(79-22(5)95)50(106)45(101)28(11-85)119-69)54(110)59(32(15-89)122-73)126-66-36(76-19(2)92)47(103)42(98)25(8-82)116-66/h25-74,82-90,98-113H,8-17H2,1-7H3,(H,75,91)(H,76,92)(H,77,93)(H,78,94)(H,79,95)(H,80,96)(H,81,97)/t25-,26-,27-,28-,29-,30-,31-,32-,33-,34-,35-,36-,37-,38-,39-,40-,41-,42-,43-,44-,45-,46-,47-,48-,49-,50-,51-,52-,53-,54+,55+,56+,57-,58-,59-,60-,61-,62-,63+,64+,65-,66+,67+,68+,69+,70+,71+,72+,73+,74-/m1/s1. The minimum Gasteiger partial charge on any atom is -0.394 e. The summed E-state index contributed by atoms with van der Waals surface area (Å²) in [7, 11) is 0. The largest absolute Gasteiger partial charge is 0.394 e. The van der Waals surface area contributed by atoms with Crippen molar-refractivity contribution in [1.29, 1.82) is 0 Å². The summed E-state index contributed by atoms with van der Waals surface area (Å²) in [6.07, 6.45) is -95.7. The maximum atomic E-state index is 13.6. The van der Waals surface area contributed by atoms with Crippen molar-refractivity contribution in [2.24, 2.45) is 0 Å². The molecule has 7 amide bonds. The number of nitrogens with one attached hydrogen (secondary N) is 7. The summed E-state index contributed by atoms with van der Waals surface area (Å²) >= 11 is 0. The summed E-state index contributed by atoms with van der Waals surface area (Å²) in [6, 6.07) is -13.6. The van der Waals surface area contributed by atoms with E-state index in [-0.39, 0.29) is 0 Å². The highest BCUT2D eigenvalue weighted by Gasteiger charge is 2.63. The van der Waals surface area contributed by atoms with Crippen LogP contribution >= 0.6 is 0 Å². The highest BCUT2D eigenvalue weighted by molar-refractivity contribution is 5.75. The average Bonchev–Trinajstić information content (AvgIpc) is 0.752. The number of amides is 7. The fourth-order valence-electron chi connectivity index (χ4n) is 17.2. The Morgan fingerprint density at radius 2 is 0.402 bits per heavy atom. The number of rotatable bonds is 35. The molecule has 0 aromatic heterocycles. The number of hydrogen-bond donors (Lipinski definition) is 32. The van der Waals surface area contributed by atoms with Crippen LogP contribution in [0, 0.1) is 0 Å². The number of carbonyl (C=O) groups excluding carboxylic acids is 7. The lowest BCUT2D eigenvalue weighted by atomic mass is 9.93. The van der Waals surface area contributed by atoms with Crippen LogP contribution in [0.2, 0.25) is 0 Å². The van der Waals surface area contributed by atoms with E-state index in [1.54, 1.807) is 0 Å². The van der Waals surface area contributed by atoms with E-state index in [9.17, 15) is 161 Å². The van der Waals surface area contributed by atoms with Crippen molar-refractivity contribution in [2.45, 2.75) is 355 Å². The summed E-state index contributed by atoms with van der Waals surface area (Å²) in [4.78, 5) is 90.7. The van der Waals surface area contributed by atoms with E-state index >= 15 is 0 Å². The third kappa shape index (κ3) is 24.7. The molecule has 0 radical (unpaired) electrons. The minimum atomic E-state index is -2.85. The van der Waals surface area contributed by atoms with Crippen molar-refractivity contribution >= 4 is 41.4 Å². The minimum absolute atomic E-state index is 0.838. The van der Waals surface area contributed by atoms with Gasteiger partial charge in [0.05, 0.1) is 66.1 Å². The van der Waals surface area contributed by atoms with Crippen LogP contribution in [0.4, 0.5) is 0 Å². The molecule has 10 rings (SSSR count). The summed E-state index contributed by atoms with van der Waals surface area (Å²) in [5.74, 6) is -6.69. The van der Waals surface area contributed by atoms with Crippen LogP contribution in [-0.2, 0) is 124 Å². The Bertz CT molecular complexity index is 3710. The van der Waals surface area contributed by atoms with Crippen molar-refractivity contribution in [1.82, 2.24) is 37.2 Å². The Morgan fingerprint density at radius 3 is 0.697 bits per heavy atom. The topological polar surface area (TPSA) is 885 Å². The van der Waals surface area contributed by atoms with Gasteiger partial charge in [-0.2, -0.15) is 0 Å². The van der Waals surface area contributed by atoms with Crippen molar-refractivity contribution in [2.75, 3.05) is 66.1 Å². The lowest BCUT2D eigenvalue weighted by molar-refractivity contribution is -0.413. The fraction of sp³-hybridized carbons (Fsp3) is 0.905. The van der Waals surface area contributed by atoms with E-state index < -0.39 is 414 Å². The highest BCUT2D eigenvalue weighted by atomic mass is 16.8. The monoisotopic (exact) mass is 1930 g/mol. The van der Waals surface area contributed by atoms with Gasteiger partial charge < -0.3 is 255 Å². The van der Waals surface area contributed by atoms with Crippen LogP contribution in [0.5, 0.6) is 0 Å². The van der Waals surface area contributed by atoms with Crippen molar-refractivity contribution in [3.8, 4) is 0 Å². The number of aliphatic hydroxyl groups is 25. The molecular formula is C74H123N7O51. The Balaban J connectivity index is 1.17. The molecule has 0 bridgehead atoms. The molecule has 10 aliphatic rings. The molecular weight excluding hydrogens is 1800 g/mol. The molecule has 0 saturated carbocycles. The molecule has 760 valence electrons. The van der Waals surface area contributed by atoms with E-state index in [1.165, 1.54) is 0 Å². The highest BCUT2D eigenvalue weighted by Crippen LogP contribution is 2.42. The molecule has 50 atom stereocenters. The molecule has 10 fully saturated rings. The molecule has 132 heavy (non-hydrogen) atoms. The predicted octanol–water partition coefficient (Wildman–Crippen LogP) is -21.8. The van der Waals surface area contributed by atoms with E-state index in [2.05, 4.69) is 37.2 Å². The average molecular weight is 1930 g/mol. The van der Waals surface area contributed by atoms with Crippen LogP contribution in [0.3, 0.4) is 0 Å². The lowest BCUT2D eigenvalue weighted by Gasteiger charge is -2.53. The van der Waals surface area contributed by atoms with Gasteiger partial charge >= 0.3 is 0 Å². The molecule has 0 aromatic rings. The molecule has 10 heterocycles. The van der Waals surface area contributed by atoms with Gasteiger partial charge in [-0.1, -0.05) is 0 Å². The first-order valence-electron chi connectivity index (χ1n) is 42.1. The molecule has 0 unspecified atom stereocenters. The zero-order valence-electron chi connectivity index (χ0n) is 71.7. The quantitative estimate of drug-likeness (QED) is 0.0280. The molecule has 32 N–H and O–H groups in total. The first kappa shape index (κ1) is 109. The number of aliphatic hydroxyl groups excluding tert-OH is 25. The summed E-state index contributed by atoms with van der Waals surface area (Å²) in [5.41, 5.74) is 0. The van der Waals surface area contributed by atoms with Gasteiger partial charge in [-0.25, -0.2) is 0 Å². The molecule has 10 saturated heterocycles. The SMILES string of the molecule is CC(=O)N[C@@H]1[C@@H](O)[C@H](O[C@@H]2O[C@H](CO)[C@@H](O[C@@H]3O[C@H](CO[C@H]4O[C@H](CO)[C@@H](O[C@@H]5O[C@H](CO)[C@@H](O)[C@H](O)[C@H]5NC(C)=O)[C@H](O)[C@@H]4O[C@@H]4O[C@H](CO)[C@@H](O)[C@H](O)[C@H]4NC(C)=O)[C@@H](O[C@@H]4O[C@H](CO)[C@@H](O)[C@H](O)[C@H]4NC(C)=O)[C@H](O[C@H]4O[C@H](CO)[C@@H](O[C@@H]5O[C@H](CO)[C@@H](O)[C@H](O)[C@H]5NC(C)=O)[C@H](O)[C@@H]4O[C@@H]4O[C@H](CO)[C@@H](O)[C@H](O)[C@H]4NC(C)=O)[C@@H]3O)[C@H](O)[C@H]2NC(C)=O)[C@@H](CO)O[C@H]1O. The van der Waals surface area contributed by atoms with Crippen LogP contribution < -0.4 is 37.2 Å². The van der Waals surface area contributed by atoms with Crippen LogP contribution in [0.1, 0.15) is 48.5 Å². The summed E-state index contributed by atoms with van der Waals surface area (Å²) in [6.45, 7) is -5.67. The lowest BCUT2D eigenvalue weighted by Crippen LogP contribution is -2.72. The Morgan fingerprint density at radius 1 is 0.197 bits per heavy atom. The second kappa shape index (κ2) is 47.9. The van der Waals surface area contributed by atoms with E-state index in [1.807, 2.05) is 0 Å². The number of carbonyl (C=O) groups is 7. The van der Waals surface area contributed by atoms with Gasteiger partial charge in [0.2, 0.25) is 41.4 Å². The van der Waals surface area contributed by atoms with Crippen molar-refractivity contribution in [3.05, 3.63) is 0 Å². The first-order valence-corrected chi connectivity index (χ1v) is 42.1. The van der Waals surface area contributed by atoms with Gasteiger partial charge in [0.1, 0.15) is 244 Å². The van der Waals surface area contributed by atoms with Crippen LogP contribution in [-0.4, -0.2) is 542 Å². The second-order valence-electron chi connectivity index (χ2n) is 33.2. The molecule has 58 heteroatoms. The number of ether oxygens (including phenoxy) is 19. The third-order valence-electron chi connectivity index (χ3n) is 23.7. The fourth-order valence-corrected chi connectivity index (χ4v) is 17.2. The molecule has 10 aliphatic heterocycles. The van der Waals surface area contributed by atoms with Gasteiger partial charge in [0, 0.05) is 48.5 Å². The molecule has 58 nitrogen and oxygen atoms in total. The van der Waals surface area contributed by atoms with Crippen LogP contribution in [0.15, 0.2) is 0 Å². The van der Waals surface area contributed by atoms with Crippen LogP contribution in [0.25, 0.3) is 0 Å². The second-order valence-corrected chi connectivity index (χ2v) is 33.2. The first-order chi connectivity index (χ1) is 62.4. The summed E-state index contributed by atoms with van der Waals surface area (Å²) < 4.78 is 118. The van der Waals surface area contributed by atoms with Crippen molar-refractivity contribution < 1.29 is 251 Å². The molecule has 0 spiro atoms. The Hall–Kier alpha value is -5.47. The maximum Gasteiger partial charge on any atom is 0.217 e. The molecule has 0 aromatic carbocycles. The zero-order chi connectivity index (χ0) is 97.4. The van der Waals surface area contributed by atoms with Gasteiger partial charge in [-0.15, -0.1) is 0 Å². The van der Waals surface area contributed by atoms with Crippen molar-refractivity contribution in [3.63, 3.8) is 0 Å². The van der Waals surface area contributed by atoms with Gasteiger partial charge in [-0.3, -0.25) is 33.6 Å². The normalized spacial score (nSPS) is 46.7. The van der Waals surface area contributed by atoms with Gasteiger partial charge in [0.25, 0.3) is 0 Å².